The summed E-state index contributed by atoms with van der Waals surface area (Å²) in [5.74, 6) is -0.339. The Kier molecular flexibility index (Phi) is 7.56. The fraction of sp³-hybridized carbons (Fsp3) is 0.120. The second-order valence-electron chi connectivity index (χ2n) is 7.17. The number of nitrogens with one attached hydrogen (secondary N) is 1. The number of carbonyl (C=O) groups excluding carboxylic acids is 1. The highest BCUT2D eigenvalue weighted by molar-refractivity contribution is 6.10. The fourth-order valence-corrected chi connectivity index (χ4v) is 3.07. The van der Waals surface area contributed by atoms with Crippen molar-refractivity contribution in [3.63, 3.8) is 0 Å². The Morgan fingerprint density at radius 3 is 2.59 bits per heavy atom. The van der Waals surface area contributed by atoms with E-state index in [4.69, 9.17) is 9.47 Å². The third-order valence-corrected chi connectivity index (χ3v) is 4.87. The lowest BCUT2D eigenvalue weighted by atomic mass is 10.1. The molecule has 0 radical (unpaired) electrons. The highest BCUT2D eigenvalue weighted by Gasteiger charge is 2.14. The van der Waals surface area contributed by atoms with Crippen molar-refractivity contribution in [2.24, 2.45) is 0 Å². The minimum Gasteiger partial charge on any atom is -0.493 e. The Morgan fingerprint density at radius 2 is 1.94 bits per heavy atom. The molecule has 3 aromatic carbocycles. The number of rotatable bonds is 8. The van der Waals surface area contributed by atoms with Crippen LogP contribution in [0.3, 0.4) is 0 Å². The van der Waals surface area contributed by atoms with Gasteiger partial charge in [-0.1, -0.05) is 24.3 Å². The molecule has 3 aromatic rings. The van der Waals surface area contributed by atoms with Gasteiger partial charge in [0.05, 0.1) is 12.0 Å². The molecule has 34 heavy (non-hydrogen) atoms. The monoisotopic (exact) mass is 461 g/mol. The van der Waals surface area contributed by atoms with Crippen LogP contribution in [0, 0.1) is 34.2 Å². The summed E-state index contributed by atoms with van der Waals surface area (Å²) < 4.78 is 24.8. The molecule has 9 heteroatoms. The molecule has 0 aliphatic heterocycles. The number of methoxy groups -OCH3 is 1. The van der Waals surface area contributed by atoms with Crippen molar-refractivity contribution in [2.75, 3.05) is 12.4 Å². The molecule has 3 rings (SSSR count). The molecule has 0 fully saturated rings. The minimum absolute atomic E-state index is 0.00133. The molecule has 0 aromatic heterocycles. The smallest absolute Gasteiger partial charge is 0.269 e. The van der Waals surface area contributed by atoms with Gasteiger partial charge in [-0.25, -0.2) is 4.39 Å². The van der Waals surface area contributed by atoms with E-state index in [1.807, 2.05) is 6.07 Å². The van der Waals surface area contributed by atoms with Crippen LogP contribution in [0.5, 0.6) is 11.5 Å². The lowest BCUT2D eigenvalue weighted by molar-refractivity contribution is -0.384. The van der Waals surface area contributed by atoms with Crippen molar-refractivity contribution in [1.29, 1.82) is 5.26 Å². The van der Waals surface area contributed by atoms with Crippen LogP contribution < -0.4 is 14.8 Å². The molecular weight excluding hydrogens is 441 g/mol. The number of anilines is 1. The summed E-state index contributed by atoms with van der Waals surface area (Å²) in [5, 5.41) is 22.9. The quantitative estimate of drug-likeness (QED) is 0.214. The van der Waals surface area contributed by atoms with E-state index in [0.717, 1.165) is 0 Å². The normalized spacial score (nSPS) is 10.8. The van der Waals surface area contributed by atoms with Crippen LogP contribution in [0.15, 0.2) is 66.2 Å². The fourth-order valence-electron chi connectivity index (χ4n) is 3.07. The number of halogens is 1. The predicted molar refractivity (Wildman–Crippen MR) is 124 cm³/mol. The van der Waals surface area contributed by atoms with Crippen LogP contribution in [-0.4, -0.2) is 17.9 Å². The predicted octanol–water partition coefficient (Wildman–Crippen LogP) is 5.18. The number of carbonyl (C=O) groups is 1. The van der Waals surface area contributed by atoms with Gasteiger partial charge < -0.3 is 14.8 Å². The Bertz CT molecular complexity index is 1310. The lowest BCUT2D eigenvalue weighted by Crippen LogP contribution is -2.14. The number of nitriles is 1. The molecule has 1 N–H and O–H groups in total. The number of hydrogen-bond donors (Lipinski definition) is 1. The molecule has 172 valence electrons. The van der Waals surface area contributed by atoms with Crippen molar-refractivity contribution in [1.82, 2.24) is 0 Å². The maximum atomic E-state index is 13.8. The number of aryl methyl sites for hydroxylation is 1. The third-order valence-electron chi connectivity index (χ3n) is 4.87. The topological polar surface area (TPSA) is 114 Å². The lowest BCUT2D eigenvalue weighted by Gasteiger charge is -2.12. The van der Waals surface area contributed by atoms with Crippen molar-refractivity contribution in [3.8, 4) is 17.6 Å². The summed E-state index contributed by atoms with van der Waals surface area (Å²) in [5.41, 5.74) is 1.44. The molecule has 8 nitrogen and oxygen atoms in total. The Hall–Kier alpha value is -4.71. The molecule has 0 saturated heterocycles. The van der Waals surface area contributed by atoms with Crippen LogP contribution in [0.2, 0.25) is 0 Å². The van der Waals surface area contributed by atoms with E-state index < -0.39 is 10.8 Å². The summed E-state index contributed by atoms with van der Waals surface area (Å²) in [6.45, 7) is 1.61. The number of hydrogen-bond acceptors (Lipinski definition) is 6. The number of benzene rings is 3. The molecule has 1 amide bonds. The van der Waals surface area contributed by atoms with E-state index in [1.54, 1.807) is 43.3 Å². The maximum Gasteiger partial charge on any atom is 0.269 e. The summed E-state index contributed by atoms with van der Waals surface area (Å²) in [6.07, 6.45) is 1.37. The van der Waals surface area contributed by atoms with Gasteiger partial charge in [0.15, 0.2) is 11.5 Å². The summed E-state index contributed by atoms with van der Waals surface area (Å²) in [7, 11) is 1.44. The molecule has 0 heterocycles. The van der Waals surface area contributed by atoms with Gasteiger partial charge in [-0.05, 0) is 48.4 Å². The van der Waals surface area contributed by atoms with Gasteiger partial charge in [-0.3, -0.25) is 14.9 Å². The third kappa shape index (κ3) is 5.75. The second-order valence-corrected chi connectivity index (χ2v) is 7.17. The van der Waals surface area contributed by atoms with E-state index in [-0.39, 0.29) is 23.7 Å². The summed E-state index contributed by atoms with van der Waals surface area (Å²) in [6, 6.07) is 16.9. The Labute approximate surface area is 195 Å². The number of ether oxygens (including phenoxy) is 2. The van der Waals surface area contributed by atoms with Gasteiger partial charge in [-0.15, -0.1) is 0 Å². The molecule has 0 aliphatic rings. The van der Waals surface area contributed by atoms with Crippen LogP contribution >= 0.6 is 0 Å². The number of amides is 1. The van der Waals surface area contributed by atoms with Gasteiger partial charge in [0.2, 0.25) is 0 Å². The van der Waals surface area contributed by atoms with E-state index in [2.05, 4.69) is 5.32 Å². The van der Waals surface area contributed by atoms with E-state index in [9.17, 15) is 24.6 Å². The Morgan fingerprint density at radius 1 is 1.18 bits per heavy atom. The largest absolute Gasteiger partial charge is 0.493 e. The highest BCUT2D eigenvalue weighted by atomic mass is 19.1. The van der Waals surface area contributed by atoms with E-state index in [0.29, 0.717) is 33.9 Å². The summed E-state index contributed by atoms with van der Waals surface area (Å²) in [4.78, 5) is 23.0. The van der Waals surface area contributed by atoms with Gasteiger partial charge in [-0.2, -0.15) is 5.26 Å². The van der Waals surface area contributed by atoms with Gasteiger partial charge in [0.25, 0.3) is 11.6 Å². The van der Waals surface area contributed by atoms with Crippen LogP contribution in [0.25, 0.3) is 6.08 Å². The Balaban J connectivity index is 1.77. The van der Waals surface area contributed by atoms with Crippen molar-refractivity contribution >= 4 is 23.4 Å². The van der Waals surface area contributed by atoms with Crippen molar-refractivity contribution in [2.45, 2.75) is 13.5 Å². The average Bonchev–Trinajstić information content (AvgIpc) is 2.83. The first kappa shape index (κ1) is 23.9. The van der Waals surface area contributed by atoms with E-state index >= 15 is 0 Å². The minimum atomic E-state index is -0.668. The molecule has 0 spiro atoms. The van der Waals surface area contributed by atoms with E-state index in [1.165, 1.54) is 37.5 Å². The summed E-state index contributed by atoms with van der Waals surface area (Å²) >= 11 is 0. The zero-order valence-electron chi connectivity index (χ0n) is 18.4. The first-order valence-electron chi connectivity index (χ1n) is 10.0. The molecule has 0 bridgehead atoms. The van der Waals surface area contributed by atoms with Crippen LogP contribution in [0.1, 0.15) is 16.7 Å². The van der Waals surface area contributed by atoms with Crippen LogP contribution in [0.4, 0.5) is 15.8 Å². The molecule has 0 unspecified atom stereocenters. The number of nitro groups is 1. The first-order valence-corrected chi connectivity index (χ1v) is 10.0. The van der Waals surface area contributed by atoms with Crippen molar-refractivity contribution < 1.29 is 23.6 Å². The SMILES string of the molecule is COc1cc(/C=C(\C#N)C(=O)Nc2ccc([N+](=O)[O-])cc2C)ccc1OCc1ccccc1F. The average molecular weight is 461 g/mol. The number of nitrogens with zero attached hydrogens (tertiary/aromatic N) is 2. The molecule has 0 atom stereocenters. The van der Waals surface area contributed by atoms with Gasteiger partial charge >= 0.3 is 0 Å². The molecular formula is C25H20FN3O5. The molecule has 0 saturated carbocycles. The second kappa shape index (κ2) is 10.7. The first-order chi connectivity index (χ1) is 16.3. The van der Waals surface area contributed by atoms with Gasteiger partial charge in [0.1, 0.15) is 24.1 Å². The van der Waals surface area contributed by atoms with Gasteiger partial charge in [0, 0.05) is 23.4 Å². The molecule has 0 aliphatic carbocycles. The zero-order valence-corrected chi connectivity index (χ0v) is 18.4. The number of nitro benzene ring substituents is 1. The van der Waals surface area contributed by atoms with Crippen molar-refractivity contribution in [3.05, 3.63) is 98.9 Å². The standard InChI is InChI=1S/C25H20FN3O5/c1-16-11-20(29(31)32)8-9-22(16)28-25(30)19(14-27)12-17-7-10-23(24(13-17)33-2)34-15-18-5-3-4-6-21(18)26/h3-13H,15H2,1-2H3,(H,28,30)/b19-12+. The number of non-ortho nitro benzene ring substituents is 1. The highest BCUT2D eigenvalue weighted by Crippen LogP contribution is 2.30. The maximum absolute atomic E-state index is 13.8. The zero-order chi connectivity index (χ0) is 24.7. The van der Waals surface area contributed by atoms with Crippen LogP contribution in [-0.2, 0) is 11.4 Å².